The molecular weight excluding hydrogens is 426 g/mol. The van der Waals surface area contributed by atoms with Gasteiger partial charge in [-0.25, -0.2) is 10.2 Å². The molecule has 0 saturated heterocycles. The zero-order valence-electron chi connectivity index (χ0n) is 16.1. The van der Waals surface area contributed by atoms with Gasteiger partial charge in [-0.3, -0.25) is 9.59 Å². The second-order valence-corrected chi connectivity index (χ2v) is 6.34. The van der Waals surface area contributed by atoms with Gasteiger partial charge in [0.25, 0.3) is 0 Å². The molecule has 1 aromatic heterocycles. The normalized spacial score (nSPS) is 10.5. The molecule has 2 N–H and O–H groups in total. The van der Waals surface area contributed by atoms with Crippen LogP contribution in [0.1, 0.15) is 16.1 Å². The van der Waals surface area contributed by atoms with Gasteiger partial charge in [0, 0.05) is 10.6 Å². The molecule has 1 heterocycles. The maximum Gasteiger partial charge on any atom is 0.379 e. The lowest BCUT2D eigenvalue weighted by Gasteiger charge is -2.09. The summed E-state index contributed by atoms with van der Waals surface area (Å²) in [5.74, 6) is -2.13. The van der Waals surface area contributed by atoms with Crippen molar-refractivity contribution in [2.45, 2.75) is 0 Å². The Bertz CT molecular complexity index is 1130. The quantitative estimate of drug-likeness (QED) is 0.199. The zero-order chi connectivity index (χ0) is 22.2. The summed E-state index contributed by atoms with van der Waals surface area (Å²) in [4.78, 5) is 36.2. The third kappa shape index (κ3) is 5.71. The molecule has 0 radical (unpaired) electrons. The van der Waals surface area contributed by atoms with Crippen LogP contribution < -0.4 is 20.2 Å². The van der Waals surface area contributed by atoms with E-state index in [1.165, 1.54) is 31.7 Å². The van der Waals surface area contributed by atoms with Crippen LogP contribution >= 0.6 is 11.6 Å². The average molecular weight is 442 g/mol. The second kappa shape index (κ2) is 10.1. The molecule has 9 nitrogen and oxygen atoms in total. The molecule has 0 aliphatic carbocycles. The summed E-state index contributed by atoms with van der Waals surface area (Å²) in [6.45, 7) is 0. The Hall–Kier alpha value is -4.11. The van der Waals surface area contributed by atoms with E-state index in [2.05, 4.69) is 15.8 Å². The first-order chi connectivity index (χ1) is 15.0. The molecular formula is C21H16ClN3O6. The van der Waals surface area contributed by atoms with Crippen LogP contribution in [0.15, 0.2) is 70.4 Å². The predicted molar refractivity (Wildman–Crippen MR) is 112 cm³/mol. The molecule has 0 saturated carbocycles. The van der Waals surface area contributed by atoms with Crippen LogP contribution in [-0.4, -0.2) is 31.1 Å². The fraction of sp³-hybridized carbons (Fsp3) is 0.0476. The van der Waals surface area contributed by atoms with Crippen LogP contribution in [0, 0.1) is 0 Å². The Morgan fingerprint density at radius 1 is 1.03 bits per heavy atom. The van der Waals surface area contributed by atoms with Gasteiger partial charge in [0.15, 0.2) is 0 Å². The van der Waals surface area contributed by atoms with E-state index >= 15 is 0 Å². The number of carbonyl (C=O) groups is 3. The Balaban J connectivity index is 1.63. The van der Waals surface area contributed by atoms with E-state index in [0.29, 0.717) is 16.3 Å². The highest BCUT2D eigenvalue weighted by Gasteiger charge is 2.16. The second-order valence-electron chi connectivity index (χ2n) is 5.90. The molecule has 2 aromatic carbocycles. The molecule has 0 aliphatic rings. The lowest BCUT2D eigenvalue weighted by molar-refractivity contribution is -0.136. The number of carbonyl (C=O) groups excluding carboxylic acids is 3. The Morgan fingerprint density at radius 2 is 1.84 bits per heavy atom. The van der Waals surface area contributed by atoms with Crippen molar-refractivity contribution in [1.29, 1.82) is 0 Å². The number of halogens is 1. The number of amides is 2. The van der Waals surface area contributed by atoms with Crippen LogP contribution in [0.3, 0.4) is 0 Å². The number of ether oxygens (including phenoxy) is 2. The van der Waals surface area contributed by atoms with E-state index < -0.39 is 17.8 Å². The number of hydrogen-bond donors (Lipinski definition) is 2. The molecule has 10 heteroatoms. The van der Waals surface area contributed by atoms with E-state index in [1.54, 1.807) is 42.5 Å². The number of methoxy groups -OCH3 is 1. The Kier molecular flexibility index (Phi) is 7.02. The van der Waals surface area contributed by atoms with Crippen molar-refractivity contribution in [1.82, 2.24) is 5.43 Å². The molecule has 0 aliphatic heterocycles. The topological polar surface area (TPSA) is 119 Å². The van der Waals surface area contributed by atoms with Gasteiger partial charge in [0.2, 0.25) is 5.76 Å². The number of nitrogens with one attached hydrogen (secondary N) is 2. The minimum Gasteiger partial charge on any atom is -0.495 e. The SMILES string of the molecule is COc1ccc(Cl)cc1NC(=O)C(=O)N/N=C/c1ccccc1OC(=O)c1ccco1. The van der Waals surface area contributed by atoms with Crippen molar-refractivity contribution < 1.29 is 28.3 Å². The molecule has 3 aromatic rings. The summed E-state index contributed by atoms with van der Waals surface area (Å²) in [6.07, 6.45) is 2.58. The summed E-state index contributed by atoms with van der Waals surface area (Å²) in [6, 6.07) is 14.1. The third-order valence-electron chi connectivity index (χ3n) is 3.83. The molecule has 31 heavy (non-hydrogen) atoms. The van der Waals surface area contributed by atoms with Crippen LogP contribution in [-0.2, 0) is 9.59 Å². The minimum absolute atomic E-state index is 0.0353. The van der Waals surface area contributed by atoms with Crippen LogP contribution in [0.5, 0.6) is 11.5 Å². The van der Waals surface area contributed by atoms with E-state index in [0.717, 1.165) is 0 Å². The highest BCUT2D eigenvalue weighted by molar-refractivity contribution is 6.40. The highest BCUT2D eigenvalue weighted by Crippen LogP contribution is 2.27. The number of benzene rings is 2. The number of furan rings is 1. The third-order valence-corrected chi connectivity index (χ3v) is 4.06. The zero-order valence-corrected chi connectivity index (χ0v) is 16.9. The van der Waals surface area contributed by atoms with Crippen molar-refractivity contribution in [2.24, 2.45) is 5.10 Å². The number of anilines is 1. The fourth-order valence-corrected chi connectivity index (χ4v) is 2.57. The first-order valence-corrected chi connectivity index (χ1v) is 9.18. The van der Waals surface area contributed by atoms with Gasteiger partial charge in [-0.2, -0.15) is 5.10 Å². The molecule has 158 valence electrons. The van der Waals surface area contributed by atoms with Crippen molar-refractivity contribution in [2.75, 3.05) is 12.4 Å². The molecule has 0 bridgehead atoms. The molecule has 2 amide bonds. The van der Waals surface area contributed by atoms with Gasteiger partial charge in [-0.1, -0.05) is 23.7 Å². The molecule has 0 atom stereocenters. The maximum atomic E-state index is 12.1. The summed E-state index contributed by atoms with van der Waals surface area (Å²) in [7, 11) is 1.42. The first-order valence-electron chi connectivity index (χ1n) is 8.80. The highest BCUT2D eigenvalue weighted by atomic mass is 35.5. The Morgan fingerprint density at radius 3 is 2.58 bits per heavy atom. The van der Waals surface area contributed by atoms with Crippen molar-refractivity contribution in [3.05, 3.63) is 77.2 Å². The number of hydrazone groups is 1. The van der Waals surface area contributed by atoms with E-state index in [4.69, 9.17) is 25.5 Å². The average Bonchev–Trinajstić information content (AvgIpc) is 3.30. The number of rotatable bonds is 6. The summed E-state index contributed by atoms with van der Waals surface area (Å²) < 4.78 is 15.4. The molecule has 0 fully saturated rings. The monoisotopic (exact) mass is 441 g/mol. The number of esters is 1. The molecule has 0 spiro atoms. The lowest BCUT2D eigenvalue weighted by Crippen LogP contribution is -2.32. The van der Waals surface area contributed by atoms with Gasteiger partial charge in [0.05, 0.1) is 25.3 Å². The van der Waals surface area contributed by atoms with Crippen LogP contribution in [0.2, 0.25) is 5.02 Å². The summed E-state index contributed by atoms with van der Waals surface area (Å²) in [5, 5.41) is 6.48. The summed E-state index contributed by atoms with van der Waals surface area (Å²) >= 11 is 5.90. The van der Waals surface area contributed by atoms with Crippen molar-refractivity contribution >= 4 is 41.3 Å². The summed E-state index contributed by atoms with van der Waals surface area (Å²) in [5.41, 5.74) is 2.72. The molecule has 3 rings (SSSR count). The van der Waals surface area contributed by atoms with E-state index in [9.17, 15) is 14.4 Å². The predicted octanol–water partition coefficient (Wildman–Crippen LogP) is 3.25. The van der Waals surface area contributed by atoms with Gasteiger partial charge >= 0.3 is 17.8 Å². The van der Waals surface area contributed by atoms with E-state index in [1.807, 2.05) is 0 Å². The number of hydrogen-bond acceptors (Lipinski definition) is 7. The van der Waals surface area contributed by atoms with E-state index in [-0.39, 0.29) is 17.2 Å². The fourth-order valence-electron chi connectivity index (χ4n) is 2.39. The van der Waals surface area contributed by atoms with Crippen LogP contribution in [0.25, 0.3) is 0 Å². The van der Waals surface area contributed by atoms with Gasteiger partial charge in [0.1, 0.15) is 11.5 Å². The smallest absolute Gasteiger partial charge is 0.379 e. The van der Waals surface area contributed by atoms with Crippen molar-refractivity contribution in [3.63, 3.8) is 0 Å². The van der Waals surface area contributed by atoms with Crippen LogP contribution in [0.4, 0.5) is 5.69 Å². The minimum atomic E-state index is -1.02. The maximum absolute atomic E-state index is 12.1. The lowest BCUT2D eigenvalue weighted by atomic mass is 10.2. The number of nitrogens with zero attached hydrogens (tertiary/aromatic N) is 1. The van der Waals surface area contributed by atoms with Gasteiger partial charge in [-0.15, -0.1) is 0 Å². The van der Waals surface area contributed by atoms with Gasteiger partial charge in [-0.05, 0) is 42.5 Å². The van der Waals surface area contributed by atoms with Gasteiger partial charge < -0.3 is 19.2 Å². The number of para-hydroxylation sites is 1. The largest absolute Gasteiger partial charge is 0.495 e. The standard InChI is InChI=1S/C21H16ClN3O6/c1-29-17-9-8-14(22)11-15(17)24-19(26)20(27)25-23-12-13-5-2-3-6-16(13)31-21(28)18-7-4-10-30-18/h2-12H,1H3,(H,24,26)(H,25,27)/b23-12+. The van der Waals surface area contributed by atoms with Crippen molar-refractivity contribution in [3.8, 4) is 11.5 Å². The Labute approximate surface area is 181 Å². The first kappa shape index (κ1) is 21.6. The molecule has 0 unspecified atom stereocenters.